The highest BCUT2D eigenvalue weighted by Crippen LogP contribution is 2.17. The summed E-state index contributed by atoms with van der Waals surface area (Å²) in [6, 6.07) is 0. The van der Waals surface area contributed by atoms with Crippen molar-refractivity contribution in [1.29, 1.82) is 0 Å². The predicted molar refractivity (Wildman–Crippen MR) is 51.1 cm³/mol. The van der Waals surface area contributed by atoms with Crippen LogP contribution in [0.5, 0.6) is 5.88 Å². The van der Waals surface area contributed by atoms with Crippen LogP contribution < -0.4 is 10.1 Å². The van der Waals surface area contributed by atoms with E-state index in [0.29, 0.717) is 11.5 Å². The molecule has 1 atom stereocenters. The second-order valence-corrected chi connectivity index (χ2v) is 4.15. The van der Waals surface area contributed by atoms with Gasteiger partial charge in [-0.25, -0.2) is 9.36 Å². The van der Waals surface area contributed by atoms with E-state index in [0.717, 1.165) is 18.8 Å². The first kappa shape index (κ1) is 9.24. The highest BCUT2D eigenvalue weighted by atomic mass is 16.3. The minimum atomic E-state index is -0.0556. The van der Waals surface area contributed by atoms with Gasteiger partial charge in [-0.15, -0.1) is 0 Å². The van der Waals surface area contributed by atoms with Crippen LogP contribution >= 0.6 is 0 Å². The fourth-order valence-electron chi connectivity index (χ4n) is 2.09. The van der Waals surface area contributed by atoms with Gasteiger partial charge in [-0.2, -0.15) is 4.57 Å². The number of rotatable bonds is 0. The molecule has 0 amide bonds. The van der Waals surface area contributed by atoms with Crippen molar-refractivity contribution >= 4 is 0 Å². The maximum absolute atomic E-state index is 11.8. The van der Waals surface area contributed by atoms with E-state index in [9.17, 15) is 9.90 Å². The van der Waals surface area contributed by atoms with Crippen molar-refractivity contribution in [2.75, 3.05) is 0 Å². The molecule has 14 heavy (non-hydrogen) atoms. The number of hydrogen-bond acceptors (Lipinski definition) is 2. The summed E-state index contributed by atoms with van der Waals surface area (Å²) >= 11 is 0. The number of aromatic hydroxyl groups is 1. The van der Waals surface area contributed by atoms with Crippen molar-refractivity contribution in [3.8, 4) is 5.88 Å². The standard InChI is InChI=1S/C10H14N2O2/c1-6-4-8-11(3)9(13)7(2)10(14)12(8)5-6/h6H,4-5H2,1-3H3/p+1. The normalized spacial score (nSPS) is 19.8. The van der Waals surface area contributed by atoms with Gasteiger partial charge in [0.05, 0.1) is 20.0 Å². The number of hydrogen-bond donors (Lipinski definition) is 1. The Kier molecular flexibility index (Phi) is 1.87. The Balaban J connectivity index is 2.77. The summed E-state index contributed by atoms with van der Waals surface area (Å²) in [5, 5.41) is 9.69. The average Bonchev–Trinajstić information content (AvgIpc) is 2.54. The monoisotopic (exact) mass is 195 g/mol. The summed E-state index contributed by atoms with van der Waals surface area (Å²) in [5.41, 5.74) is 0.380. The molecule has 0 spiro atoms. The SMILES string of the molecule is Cc1c(O)[n+](C)c2n(c1=O)CC(C)C2. The first-order valence-corrected chi connectivity index (χ1v) is 4.83. The van der Waals surface area contributed by atoms with Crippen molar-refractivity contribution in [1.82, 2.24) is 4.57 Å². The average molecular weight is 195 g/mol. The third kappa shape index (κ3) is 1.06. The molecule has 0 saturated carbocycles. The summed E-state index contributed by atoms with van der Waals surface area (Å²) in [6.45, 7) is 4.54. The van der Waals surface area contributed by atoms with Gasteiger partial charge in [0.2, 0.25) is 0 Å². The van der Waals surface area contributed by atoms with E-state index < -0.39 is 0 Å². The van der Waals surface area contributed by atoms with Gasteiger partial charge >= 0.3 is 5.56 Å². The lowest BCUT2D eigenvalue weighted by Crippen LogP contribution is -2.42. The Labute approximate surface area is 82.4 Å². The van der Waals surface area contributed by atoms with Crippen molar-refractivity contribution < 1.29 is 9.67 Å². The first-order chi connectivity index (χ1) is 6.52. The summed E-state index contributed by atoms with van der Waals surface area (Å²) in [7, 11) is 1.80. The molecule has 0 aromatic carbocycles. The molecular weight excluding hydrogens is 180 g/mol. The first-order valence-electron chi connectivity index (χ1n) is 4.83. The van der Waals surface area contributed by atoms with E-state index in [1.807, 2.05) is 0 Å². The van der Waals surface area contributed by atoms with Gasteiger partial charge in [-0.1, -0.05) is 6.92 Å². The fraction of sp³-hybridized carbons (Fsp3) is 0.600. The second kappa shape index (κ2) is 2.83. The molecule has 4 nitrogen and oxygen atoms in total. The molecule has 1 aliphatic rings. The zero-order valence-electron chi connectivity index (χ0n) is 8.74. The lowest BCUT2D eigenvalue weighted by atomic mass is 10.1. The molecule has 1 aromatic heterocycles. The molecule has 1 aromatic rings. The maximum Gasteiger partial charge on any atom is 0.344 e. The number of aromatic nitrogens is 2. The Morgan fingerprint density at radius 1 is 1.57 bits per heavy atom. The molecule has 1 unspecified atom stereocenters. The zero-order valence-corrected chi connectivity index (χ0v) is 8.74. The van der Waals surface area contributed by atoms with E-state index in [-0.39, 0.29) is 11.4 Å². The smallest absolute Gasteiger partial charge is 0.344 e. The molecule has 0 fully saturated rings. The summed E-state index contributed by atoms with van der Waals surface area (Å²) in [5.74, 6) is 1.50. The second-order valence-electron chi connectivity index (χ2n) is 4.15. The van der Waals surface area contributed by atoms with Crippen LogP contribution in [-0.2, 0) is 20.0 Å². The molecule has 0 bridgehead atoms. The molecule has 1 N–H and O–H groups in total. The number of nitrogens with zero attached hydrogens (tertiary/aromatic N) is 2. The topological polar surface area (TPSA) is 46.1 Å². The highest BCUT2D eigenvalue weighted by molar-refractivity contribution is 5.16. The van der Waals surface area contributed by atoms with Crippen LogP contribution in [0.2, 0.25) is 0 Å². The van der Waals surface area contributed by atoms with E-state index in [2.05, 4.69) is 6.92 Å². The lowest BCUT2D eigenvalue weighted by molar-refractivity contribution is -0.689. The van der Waals surface area contributed by atoms with Gasteiger partial charge in [0.25, 0.3) is 11.7 Å². The molecular formula is C10H15N2O2+. The van der Waals surface area contributed by atoms with Crippen molar-refractivity contribution in [2.45, 2.75) is 26.8 Å². The van der Waals surface area contributed by atoms with Crippen LogP contribution in [0.15, 0.2) is 4.79 Å². The quantitative estimate of drug-likeness (QED) is 0.587. The minimum absolute atomic E-state index is 0.0556. The predicted octanol–water partition coefficient (Wildman–Crippen LogP) is -0.121. The third-order valence-corrected chi connectivity index (χ3v) is 2.94. The maximum atomic E-state index is 11.8. The molecule has 4 heteroatoms. The van der Waals surface area contributed by atoms with Crippen LogP contribution in [0.3, 0.4) is 0 Å². The molecule has 1 aliphatic heterocycles. The molecule has 0 saturated heterocycles. The van der Waals surface area contributed by atoms with Crippen molar-refractivity contribution in [3.05, 3.63) is 21.7 Å². The van der Waals surface area contributed by atoms with Crippen LogP contribution in [0.1, 0.15) is 18.3 Å². The van der Waals surface area contributed by atoms with Gasteiger partial charge in [-0.05, 0) is 6.92 Å². The lowest BCUT2D eigenvalue weighted by Gasteiger charge is -2.03. The van der Waals surface area contributed by atoms with Crippen LogP contribution in [0, 0.1) is 12.8 Å². The van der Waals surface area contributed by atoms with Gasteiger partial charge in [0.1, 0.15) is 5.56 Å². The molecule has 0 aliphatic carbocycles. The Bertz CT molecular complexity index is 448. The summed E-state index contributed by atoms with van der Waals surface area (Å²) in [6.07, 6.45) is 0.861. The van der Waals surface area contributed by atoms with Crippen molar-refractivity contribution in [3.63, 3.8) is 0 Å². The van der Waals surface area contributed by atoms with E-state index >= 15 is 0 Å². The van der Waals surface area contributed by atoms with E-state index in [1.54, 1.807) is 23.1 Å². The Morgan fingerprint density at radius 2 is 2.21 bits per heavy atom. The molecule has 0 radical (unpaired) electrons. The van der Waals surface area contributed by atoms with Crippen LogP contribution in [0.25, 0.3) is 0 Å². The zero-order chi connectivity index (χ0) is 10.5. The van der Waals surface area contributed by atoms with Crippen molar-refractivity contribution in [2.24, 2.45) is 13.0 Å². The number of fused-ring (bicyclic) bond motifs is 1. The molecule has 76 valence electrons. The van der Waals surface area contributed by atoms with Crippen LogP contribution in [0.4, 0.5) is 0 Å². The van der Waals surface area contributed by atoms with E-state index in [4.69, 9.17) is 0 Å². The highest BCUT2D eigenvalue weighted by Gasteiger charge is 2.31. The summed E-state index contributed by atoms with van der Waals surface area (Å²) < 4.78 is 3.47. The van der Waals surface area contributed by atoms with Crippen LogP contribution in [-0.4, -0.2) is 9.67 Å². The van der Waals surface area contributed by atoms with Gasteiger partial charge in [0, 0.05) is 5.92 Å². The fourth-order valence-corrected chi connectivity index (χ4v) is 2.09. The van der Waals surface area contributed by atoms with E-state index in [1.165, 1.54) is 0 Å². The minimum Gasteiger partial charge on any atom is -0.477 e. The van der Waals surface area contributed by atoms with Gasteiger partial charge < -0.3 is 5.11 Å². The van der Waals surface area contributed by atoms with Gasteiger partial charge in [0.15, 0.2) is 0 Å². The molecule has 2 heterocycles. The Morgan fingerprint density at radius 3 is 2.86 bits per heavy atom. The summed E-state index contributed by atoms with van der Waals surface area (Å²) in [4.78, 5) is 11.8. The molecule has 2 rings (SSSR count). The largest absolute Gasteiger partial charge is 0.477 e. The third-order valence-electron chi connectivity index (χ3n) is 2.94. The van der Waals surface area contributed by atoms with Gasteiger partial charge in [-0.3, -0.25) is 0 Å². The Hall–Kier alpha value is -1.32.